The van der Waals surface area contributed by atoms with Crippen molar-refractivity contribution in [2.24, 2.45) is 5.92 Å². The van der Waals surface area contributed by atoms with Crippen molar-refractivity contribution < 1.29 is 14.6 Å². The lowest BCUT2D eigenvalue weighted by molar-refractivity contribution is -0.124. The number of amides is 1. The molecule has 22 heavy (non-hydrogen) atoms. The Balaban J connectivity index is 1.89. The first-order valence-corrected chi connectivity index (χ1v) is 7.86. The van der Waals surface area contributed by atoms with Crippen LogP contribution in [0, 0.1) is 5.92 Å². The second-order valence-corrected chi connectivity index (χ2v) is 6.19. The highest BCUT2D eigenvalue weighted by Crippen LogP contribution is 2.30. The number of aliphatic hydroxyl groups is 1. The van der Waals surface area contributed by atoms with Crippen molar-refractivity contribution in [3.63, 3.8) is 0 Å². The van der Waals surface area contributed by atoms with Crippen molar-refractivity contribution in [2.75, 3.05) is 25.1 Å². The van der Waals surface area contributed by atoms with Gasteiger partial charge in [-0.15, -0.1) is 0 Å². The Labute approximate surface area is 132 Å². The van der Waals surface area contributed by atoms with Crippen LogP contribution >= 0.6 is 0 Å². The van der Waals surface area contributed by atoms with Crippen LogP contribution in [0.4, 0.5) is 5.69 Å². The Morgan fingerprint density at radius 2 is 2.18 bits per heavy atom. The lowest BCUT2D eigenvalue weighted by Crippen LogP contribution is -2.39. The van der Waals surface area contributed by atoms with Crippen molar-refractivity contribution >= 4 is 11.6 Å². The largest absolute Gasteiger partial charge is 0.495 e. The summed E-state index contributed by atoms with van der Waals surface area (Å²) in [6, 6.07) is 8.04. The standard InChI is InChI=1S/C17H26N2O3/c1-12(2)15(20)10-17(21)18-13-8-9-19(11-13)14-6-4-5-7-16(14)22-3/h4-7,12-13,15,20H,8-11H2,1-3H3,(H,18,21). The van der Waals surface area contributed by atoms with Gasteiger partial charge in [0, 0.05) is 19.1 Å². The number of rotatable bonds is 6. The summed E-state index contributed by atoms with van der Waals surface area (Å²) < 4.78 is 5.39. The van der Waals surface area contributed by atoms with E-state index in [0.29, 0.717) is 0 Å². The van der Waals surface area contributed by atoms with E-state index in [-0.39, 0.29) is 24.3 Å². The Hall–Kier alpha value is -1.75. The van der Waals surface area contributed by atoms with E-state index in [4.69, 9.17) is 4.74 Å². The van der Waals surface area contributed by atoms with Gasteiger partial charge in [0.15, 0.2) is 0 Å². The number of aliphatic hydroxyl groups excluding tert-OH is 1. The van der Waals surface area contributed by atoms with Crippen LogP contribution in [-0.2, 0) is 4.79 Å². The molecule has 1 aliphatic rings. The maximum Gasteiger partial charge on any atom is 0.222 e. The second-order valence-electron chi connectivity index (χ2n) is 6.19. The van der Waals surface area contributed by atoms with Gasteiger partial charge in [-0.3, -0.25) is 4.79 Å². The van der Waals surface area contributed by atoms with Crippen LogP contribution in [-0.4, -0.2) is 43.4 Å². The van der Waals surface area contributed by atoms with Crippen molar-refractivity contribution in [1.29, 1.82) is 0 Å². The number of carbonyl (C=O) groups excluding carboxylic acids is 1. The maximum atomic E-state index is 12.0. The highest BCUT2D eigenvalue weighted by molar-refractivity contribution is 5.77. The number of anilines is 1. The summed E-state index contributed by atoms with van der Waals surface area (Å²) in [5.74, 6) is 0.872. The molecule has 1 amide bonds. The van der Waals surface area contributed by atoms with Crippen LogP contribution in [0.25, 0.3) is 0 Å². The number of nitrogens with zero attached hydrogens (tertiary/aromatic N) is 1. The fourth-order valence-corrected chi connectivity index (χ4v) is 2.70. The van der Waals surface area contributed by atoms with E-state index < -0.39 is 6.10 Å². The van der Waals surface area contributed by atoms with Gasteiger partial charge in [-0.1, -0.05) is 26.0 Å². The molecule has 1 saturated heterocycles. The number of nitrogens with one attached hydrogen (secondary N) is 1. The van der Waals surface area contributed by atoms with Crippen LogP contribution in [0.2, 0.25) is 0 Å². The van der Waals surface area contributed by atoms with E-state index in [9.17, 15) is 9.90 Å². The Bertz CT molecular complexity index is 504. The minimum atomic E-state index is -0.577. The molecule has 0 bridgehead atoms. The summed E-state index contributed by atoms with van der Waals surface area (Å²) in [5.41, 5.74) is 1.06. The van der Waals surface area contributed by atoms with Gasteiger partial charge in [-0.05, 0) is 24.5 Å². The van der Waals surface area contributed by atoms with Crippen LogP contribution in [0.1, 0.15) is 26.7 Å². The Kier molecular flexibility index (Phi) is 5.66. The Morgan fingerprint density at radius 3 is 2.86 bits per heavy atom. The van der Waals surface area contributed by atoms with Gasteiger partial charge in [0.25, 0.3) is 0 Å². The molecule has 5 nitrogen and oxygen atoms in total. The molecule has 1 aromatic carbocycles. The molecule has 0 aliphatic carbocycles. The fourth-order valence-electron chi connectivity index (χ4n) is 2.70. The summed E-state index contributed by atoms with van der Waals surface area (Å²) in [7, 11) is 1.67. The summed E-state index contributed by atoms with van der Waals surface area (Å²) in [5, 5.41) is 12.8. The third-order valence-electron chi connectivity index (χ3n) is 4.14. The molecule has 1 fully saturated rings. The van der Waals surface area contributed by atoms with Gasteiger partial charge in [-0.2, -0.15) is 0 Å². The van der Waals surface area contributed by atoms with Crippen LogP contribution < -0.4 is 15.0 Å². The molecule has 0 spiro atoms. The van der Waals surface area contributed by atoms with Gasteiger partial charge in [0.1, 0.15) is 5.75 Å². The lowest BCUT2D eigenvalue weighted by atomic mass is 10.0. The third kappa shape index (κ3) is 4.13. The van der Waals surface area contributed by atoms with Gasteiger partial charge in [0.05, 0.1) is 25.3 Å². The maximum absolute atomic E-state index is 12.0. The molecular weight excluding hydrogens is 280 g/mol. The number of hydrogen-bond donors (Lipinski definition) is 2. The summed E-state index contributed by atoms with van der Waals surface area (Å²) >= 11 is 0. The predicted molar refractivity (Wildman–Crippen MR) is 87.2 cm³/mol. The zero-order chi connectivity index (χ0) is 16.1. The number of hydrogen-bond acceptors (Lipinski definition) is 4. The predicted octanol–water partition coefficient (Wildman–Crippen LogP) is 1.80. The SMILES string of the molecule is COc1ccccc1N1CCC(NC(=O)CC(O)C(C)C)C1. The highest BCUT2D eigenvalue weighted by atomic mass is 16.5. The normalized spacial score (nSPS) is 19.3. The lowest BCUT2D eigenvalue weighted by Gasteiger charge is -2.21. The molecule has 1 aromatic rings. The summed E-state index contributed by atoms with van der Waals surface area (Å²) in [6.07, 6.45) is 0.497. The molecule has 0 aromatic heterocycles. The number of methoxy groups -OCH3 is 1. The highest BCUT2D eigenvalue weighted by Gasteiger charge is 2.26. The topological polar surface area (TPSA) is 61.8 Å². The molecular formula is C17H26N2O3. The van der Waals surface area contributed by atoms with E-state index in [1.165, 1.54) is 0 Å². The third-order valence-corrected chi connectivity index (χ3v) is 4.14. The monoisotopic (exact) mass is 306 g/mol. The quantitative estimate of drug-likeness (QED) is 0.841. The van der Waals surface area contributed by atoms with Crippen molar-refractivity contribution in [2.45, 2.75) is 38.8 Å². The molecule has 0 radical (unpaired) electrons. The Morgan fingerprint density at radius 1 is 1.45 bits per heavy atom. The smallest absolute Gasteiger partial charge is 0.222 e. The molecule has 2 N–H and O–H groups in total. The summed E-state index contributed by atoms with van der Waals surface area (Å²) in [6.45, 7) is 5.48. The molecule has 122 valence electrons. The minimum Gasteiger partial charge on any atom is -0.495 e. The molecule has 1 heterocycles. The average molecular weight is 306 g/mol. The number of para-hydroxylation sites is 2. The first-order valence-electron chi connectivity index (χ1n) is 7.86. The molecule has 2 unspecified atom stereocenters. The van der Waals surface area contributed by atoms with Crippen molar-refractivity contribution in [1.82, 2.24) is 5.32 Å². The van der Waals surface area contributed by atoms with E-state index in [0.717, 1.165) is 30.9 Å². The molecule has 2 rings (SSSR count). The number of ether oxygens (including phenoxy) is 1. The van der Waals surface area contributed by atoms with Gasteiger partial charge >= 0.3 is 0 Å². The second kappa shape index (κ2) is 7.49. The number of carbonyl (C=O) groups is 1. The van der Waals surface area contributed by atoms with E-state index in [2.05, 4.69) is 10.2 Å². The van der Waals surface area contributed by atoms with Crippen molar-refractivity contribution in [3.05, 3.63) is 24.3 Å². The van der Waals surface area contributed by atoms with E-state index in [1.807, 2.05) is 38.1 Å². The zero-order valence-electron chi connectivity index (χ0n) is 13.6. The molecule has 2 atom stereocenters. The van der Waals surface area contributed by atoms with E-state index >= 15 is 0 Å². The van der Waals surface area contributed by atoms with Crippen LogP contribution in [0.15, 0.2) is 24.3 Å². The van der Waals surface area contributed by atoms with Gasteiger partial charge < -0.3 is 20.1 Å². The van der Waals surface area contributed by atoms with Gasteiger partial charge in [0.2, 0.25) is 5.91 Å². The molecule has 0 saturated carbocycles. The van der Waals surface area contributed by atoms with Crippen molar-refractivity contribution in [3.8, 4) is 5.75 Å². The minimum absolute atomic E-state index is 0.0759. The van der Waals surface area contributed by atoms with Crippen LogP contribution in [0.5, 0.6) is 5.75 Å². The number of benzene rings is 1. The molecule has 5 heteroatoms. The average Bonchev–Trinajstić information content (AvgIpc) is 2.95. The first-order chi connectivity index (χ1) is 10.5. The zero-order valence-corrected chi connectivity index (χ0v) is 13.6. The van der Waals surface area contributed by atoms with E-state index in [1.54, 1.807) is 7.11 Å². The summed E-state index contributed by atoms with van der Waals surface area (Å²) in [4.78, 5) is 14.2. The van der Waals surface area contributed by atoms with Crippen LogP contribution in [0.3, 0.4) is 0 Å². The first kappa shape index (κ1) is 16.6. The molecule has 1 aliphatic heterocycles. The fraction of sp³-hybridized carbons (Fsp3) is 0.588. The van der Waals surface area contributed by atoms with Gasteiger partial charge in [-0.25, -0.2) is 0 Å².